The van der Waals surface area contributed by atoms with Crippen LogP contribution in [0.5, 0.6) is 0 Å². The van der Waals surface area contributed by atoms with Crippen molar-refractivity contribution < 1.29 is 4.74 Å². The molecule has 0 bridgehead atoms. The van der Waals surface area contributed by atoms with E-state index in [9.17, 15) is 0 Å². The summed E-state index contributed by atoms with van der Waals surface area (Å²) >= 11 is 9.50. The molecule has 0 saturated carbocycles. The van der Waals surface area contributed by atoms with Crippen molar-refractivity contribution in [2.24, 2.45) is 5.84 Å². The molecule has 19 heavy (non-hydrogen) atoms. The Morgan fingerprint density at radius 3 is 3.00 bits per heavy atom. The van der Waals surface area contributed by atoms with Gasteiger partial charge in [0.05, 0.1) is 6.10 Å². The van der Waals surface area contributed by atoms with Crippen LogP contribution in [0.25, 0.3) is 0 Å². The molecule has 0 radical (unpaired) electrons. The van der Waals surface area contributed by atoms with Crippen molar-refractivity contribution >= 4 is 27.5 Å². The first-order valence-electron chi connectivity index (χ1n) is 6.73. The van der Waals surface area contributed by atoms with E-state index in [0.29, 0.717) is 6.10 Å². The number of halogens is 2. The molecule has 0 amide bonds. The first kappa shape index (κ1) is 15.3. The Bertz CT molecular complexity index is 410. The van der Waals surface area contributed by atoms with Crippen molar-refractivity contribution in [3.63, 3.8) is 0 Å². The summed E-state index contributed by atoms with van der Waals surface area (Å²) in [5.74, 6) is 5.67. The summed E-state index contributed by atoms with van der Waals surface area (Å²) in [7, 11) is 0. The molecule has 2 unspecified atom stereocenters. The van der Waals surface area contributed by atoms with Crippen molar-refractivity contribution in [3.8, 4) is 0 Å². The largest absolute Gasteiger partial charge is 0.378 e. The second-order valence-electron chi connectivity index (χ2n) is 4.95. The molecule has 2 rings (SSSR count). The Morgan fingerprint density at radius 2 is 2.37 bits per heavy atom. The number of ether oxygens (including phenoxy) is 1. The first-order chi connectivity index (χ1) is 9.20. The van der Waals surface area contributed by atoms with Gasteiger partial charge in [0.15, 0.2) is 0 Å². The fourth-order valence-corrected chi connectivity index (χ4v) is 3.49. The van der Waals surface area contributed by atoms with Crippen molar-refractivity contribution in [3.05, 3.63) is 33.3 Å². The first-order valence-corrected chi connectivity index (χ1v) is 7.90. The summed E-state index contributed by atoms with van der Waals surface area (Å²) in [5.41, 5.74) is 4.04. The maximum absolute atomic E-state index is 5.96. The minimum atomic E-state index is 0.146. The van der Waals surface area contributed by atoms with Gasteiger partial charge in [0, 0.05) is 22.1 Å². The van der Waals surface area contributed by atoms with Crippen molar-refractivity contribution in [1.82, 2.24) is 5.43 Å². The summed E-state index contributed by atoms with van der Waals surface area (Å²) in [5, 5.41) is 0.728. The normalized spacial score (nSPS) is 20.7. The number of rotatable bonds is 6. The average Bonchev–Trinajstić information content (AvgIpc) is 2.89. The van der Waals surface area contributed by atoms with Crippen LogP contribution in [0.1, 0.15) is 43.7 Å². The van der Waals surface area contributed by atoms with Crippen molar-refractivity contribution in [2.75, 3.05) is 6.61 Å². The van der Waals surface area contributed by atoms with Gasteiger partial charge in [-0.15, -0.1) is 0 Å². The van der Waals surface area contributed by atoms with E-state index in [0.717, 1.165) is 40.9 Å². The van der Waals surface area contributed by atoms with Gasteiger partial charge in [-0.2, -0.15) is 0 Å². The zero-order valence-electron chi connectivity index (χ0n) is 10.9. The van der Waals surface area contributed by atoms with E-state index >= 15 is 0 Å². The monoisotopic (exact) mass is 346 g/mol. The molecule has 0 spiro atoms. The molecule has 1 aliphatic heterocycles. The molecule has 1 aliphatic rings. The highest BCUT2D eigenvalue weighted by molar-refractivity contribution is 9.10. The third kappa shape index (κ3) is 4.43. The Balaban J connectivity index is 1.88. The molecular formula is C14H20BrClN2O. The van der Waals surface area contributed by atoms with E-state index in [-0.39, 0.29) is 6.04 Å². The number of hydrogen-bond acceptors (Lipinski definition) is 3. The second-order valence-corrected chi connectivity index (χ2v) is 6.24. The predicted molar refractivity (Wildman–Crippen MR) is 82.0 cm³/mol. The highest BCUT2D eigenvalue weighted by Crippen LogP contribution is 2.29. The summed E-state index contributed by atoms with van der Waals surface area (Å²) in [6, 6.07) is 5.96. The van der Waals surface area contributed by atoms with E-state index in [1.54, 1.807) is 0 Å². The van der Waals surface area contributed by atoms with Crippen LogP contribution in [0.2, 0.25) is 5.02 Å². The van der Waals surface area contributed by atoms with Crippen LogP contribution in [0.15, 0.2) is 22.7 Å². The van der Waals surface area contributed by atoms with E-state index in [4.69, 9.17) is 22.2 Å². The summed E-state index contributed by atoms with van der Waals surface area (Å²) in [4.78, 5) is 0. The lowest BCUT2D eigenvalue weighted by molar-refractivity contribution is 0.101. The molecule has 2 atom stereocenters. The van der Waals surface area contributed by atoms with Gasteiger partial charge in [0.1, 0.15) is 0 Å². The Morgan fingerprint density at radius 1 is 1.53 bits per heavy atom. The highest BCUT2D eigenvalue weighted by atomic mass is 79.9. The van der Waals surface area contributed by atoms with Gasteiger partial charge in [0.25, 0.3) is 0 Å². The standard InChI is InChI=1S/C14H20BrClN2O/c15-13-9-10(16)6-7-12(13)14(18-17)5-1-3-11-4-2-8-19-11/h6-7,9,11,14,18H,1-5,8,17H2. The molecule has 1 fully saturated rings. The molecule has 0 aliphatic carbocycles. The summed E-state index contributed by atoms with van der Waals surface area (Å²) in [6.07, 6.45) is 6.07. The lowest BCUT2D eigenvalue weighted by Gasteiger charge is -2.19. The van der Waals surface area contributed by atoms with E-state index < -0.39 is 0 Å². The average molecular weight is 348 g/mol. The van der Waals surface area contributed by atoms with Gasteiger partial charge in [-0.1, -0.05) is 33.6 Å². The minimum Gasteiger partial charge on any atom is -0.378 e. The Kier molecular flexibility index (Phi) is 6.10. The van der Waals surface area contributed by atoms with E-state index in [1.807, 2.05) is 18.2 Å². The molecule has 1 aromatic carbocycles. The molecule has 5 heteroatoms. The van der Waals surface area contributed by atoms with Gasteiger partial charge < -0.3 is 4.74 Å². The fraction of sp³-hybridized carbons (Fsp3) is 0.571. The molecule has 3 nitrogen and oxygen atoms in total. The maximum Gasteiger partial charge on any atom is 0.0576 e. The topological polar surface area (TPSA) is 47.3 Å². The molecule has 0 aromatic heterocycles. The van der Waals surface area contributed by atoms with Crippen LogP contribution in [0.4, 0.5) is 0 Å². The third-order valence-electron chi connectivity index (χ3n) is 3.58. The van der Waals surface area contributed by atoms with Crippen LogP contribution in [-0.2, 0) is 4.74 Å². The number of hydrogen-bond donors (Lipinski definition) is 2. The lowest BCUT2D eigenvalue weighted by atomic mass is 10.00. The predicted octanol–water partition coefficient (Wildman–Crippen LogP) is 3.96. The van der Waals surface area contributed by atoms with E-state index in [1.165, 1.54) is 12.8 Å². The van der Waals surface area contributed by atoms with Crippen LogP contribution in [-0.4, -0.2) is 12.7 Å². The summed E-state index contributed by atoms with van der Waals surface area (Å²) in [6.45, 7) is 0.923. The zero-order chi connectivity index (χ0) is 13.7. The van der Waals surface area contributed by atoms with Gasteiger partial charge in [-0.3, -0.25) is 11.3 Å². The molecule has 106 valence electrons. The van der Waals surface area contributed by atoms with Crippen molar-refractivity contribution in [1.29, 1.82) is 0 Å². The van der Waals surface area contributed by atoms with Gasteiger partial charge in [0.2, 0.25) is 0 Å². The quantitative estimate of drug-likeness (QED) is 0.605. The zero-order valence-corrected chi connectivity index (χ0v) is 13.2. The number of benzene rings is 1. The fourth-order valence-electron chi connectivity index (χ4n) is 2.53. The molecular weight excluding hydrogens is 328 g/mol. The van der Waals surface area contributed by atoms with E-state index in [2.05, 4.69) is 21.4 Å². The molecule has 1 heterocycles. The molecule has 1 saturated heterocycles. The Labute approximate surface area is 127 Å². The minimum absolute atomic E-state index is 0.146. The Hall–Kier alpha value is -0.130. The molecule has 3 N–H and O–H groups in total. The second kappa shape index (κ2) is 7.60. The number of nitrogens with one attached hydrogen (secondary N) is 1. The SMILES string of the molecule is NNC(CCCC1CCCO1)c1ccc(Cl)cc1Br. The van der Waals surface area contributed by atoms with Crippen LogP contribution < -0.4 is 11.3 Å². The van der Waals surface area contributed by atoms with Gasteiger partial charge in [-0.05, 0) is 49.8 Å². The van der Waals surface area contributed by atoms with Crippen LogP contribution in [0, 0.1) is 0 Å². The highest BCUT2D eigenvalue weighted by Gasteiger charge is 2.17. The smallest absolute Gasteiger partial charge is 0.0576 e. The van der Waals surface area contributed by atoms with Gasteiger partial charge >= 0.3 is 0 Å². The third-order valence-corrected chi connectivity index (χ3v) is 4.50. The number of nitrogens with two attached hydrogens (primary N) is 1. The summed E-state index contributed by atoms with van der Waals surface area (Å²) < 4.78 is 6.64. The van der Waals surface area contributed by atoms with Crippen molar-refractivity contribution in [2.45, 2.75) is 44.2 Å². The molecule has 1 aromatic rings. The maximum atomic E-state index is 5.96. The van der Waals surface area contributed by atoms with Crippen LogP contribution >= 0.6 is 27.5 Å². The number of hydrazine groups is 1. The lowest BCUT2D eigenvalue weighted by Crippen LogP contribution is -2.28. The van der Waals surface area contributed by atoms with Gasteiger partial charge in [-0.25, -0.2) is 0 Å². The van der Waals surface area contributed by atoms with Crippen LogP contribution in [0.3, 0.4) is 0 Å².